The van der Waals surface area contributed by atoms with Crippen molar-refractivity contribution < 1.29 is 14.3 Å². The molecular weight excluding hydrogens is 308 g/mol. The molecule has 0 saturated carbocycles. The molecule has 0 radical (unpaired) electrons. The molecule has 2 rings (SSSR count). The third-order valence-electron chi connectivity index (χ3n) is 3.93. The Bertz CT molecular complexity index is 539. The molecule has 1 fully saturated rings. The summed E-state index contributed by atoms with van der Waals surface area (Å²) in [4.78, 5) is 31.8. The fourth-order valence-corrected chi connectivity index (χ4v) is 2.50. The number of piperazine rings is 1. The highest BCUT2D eigenvalue weighted by Gasteiger charge is 2.25. The molecule has 24 heavy (non-hydrogen) atoms. The highest BCUT2D eigenvalue weighted by molar-refractivity contribution is 5.92. The van der Waals surface area contributed by atoms with Crippen LogP contribution in [0.25, 0.3) is 0 Å². The van der Waals surface area contributed by atoms with Gasteiger partial charge in [-0.15, -0.1) is 0 Å². The van der Waals surface area contributed by atoms with Crippen LogP contribution in [0.15, 0.2) is 18.3 Å². The van der Waals surface area contributed by atoms with E-state index in [0.29, 0.717) is 38.5 Å². The van der Waals surface area contributed by atoms with Crippen molar-refractivity contribution in [3.63, 3.8) is 0 Å². The molecule has 132 valence electrons. The molecule has 1 saturated heterocycles. The topological polar surface area (TPSA) is 74.8 Å². The van der Waals surface area contributed by atoms with Gasteiger partial charge in [0.05, 0.1) is 18.5 Å². The Morgan fingerprint density at radius 3 is 2.46 bits per heavy atom. The van der Waals surface area contributed by atoms with E-state index in [9.17, 15) is 9.59 Å². The Morgan fingerprint density at radius 2 is 1.88 bits per heavy atom. The third kappa shape index (κ3) is 4.84. The van der Waals surface area contributed by atoms with Crippen molar-refractivity contribution in [2.24, 2.45) is 0 Å². The van der Waals surface area contributed by atoms with E-state index in [4.69, 9.17) is 4.74 Å². The minimum atomic E-state index is -0.315. The van der Waals surface area contributed by atoms with E-state index >= 15 is 0 Å². The zero-order valence-electron chi connectivity index (χ0n) is 14.5. The quantitative estimate of drug-likeness (QED) is 0.807. The summed E-state index contributed by atoms with van der Waals surface area (Å²) in [5.41, 5.74) is 1.35. The number of carbonyl (C=O) groups excluding carboxylic acids is 2. The van der Waals surface area contributed by atoms with E-state index in [1.165, 1.54) is 0 Å². The van der Waals surface area contributed by atoms with Gasteiger partial charge in [0, 0.05) is 32.7 Å². The number of ether oxygens (including phenoxy) is 1. The minimum absolute atomic E-state index is 0.0985. The first-order chi connectivity index (χ1) is 11.7. The second-order valence-electron chi connectivity index (χ2n) is 5.69. The van der Waals surface area contributed by atoms with Crippen molar-refractivity contribution in [1.29, 1.82) is 0 Å². The smallest absolute Gasteiger partial charge is 0.409 e. The molecule has 1 aliphatic heterocycles. The van der Waals surface area contributed by atoms with Crippen molar-refractivity contribution in [2.45, 2.75) is 26.7 Å². The molecule has 0 atom stereocenters. The standard InChI is InChI=1S/C17H26N4O3/c1-3-5-8-18-14-6-7-15(19-13-14)16(22)20-9-11-21(12-10-20)17(23)24-4-2/h6-7,13,18H,3-5,8-12H2,1-2H3. The first-order valence-corrected chi connectivity index (χ1v) is 8.56. The normalized spacial score (nSPS) is 14.4. The van der Waals surface area contributed by atoms with E-state index in [2.05, 4.69) is 17.2 Å². The number of rotatable bonds is 6. The van der Waals surface area contributed by atoms with Gasteiger partial charge in [0.25, 0.3) is 5.91 Å². The predicted octanol–water partition coefficient (Wildman–Crippen LogP) is 2.21. The lowest BCUT2D eigenvalue weighted by atomic mass is 10.2. The zero-order valence-corrected chi connectivity index (χ0v) is 14.5. The molecule has 7 nitrogen and oxygen atoms in total. The first kappa shape index (κ1) is 18.0. The van der Waals surface area contributed by atoms with E-state index in [1.54, 1.807) is 29.0 Å². The van der Waals surface area contributed by atoms with Crippen LogP contribution < -0.4 is 5.32 Å². The van der Waals surface area contributed by atoms with Crippen LogP contribution in [-0.4, -0.2) is 66.1 Å². The van der Waals surface area contributed by atoms with Crippen molar-refractivity contribution in [3.8, 4) is 0 Å². The number of amides is 2. The Labute approximate surface area is 143 Å². The summed E-state index contributed by atoms with van der Waals surface area (Å²) < 4.78 is 4.98. The summed E-state index contributed by atoms with van der Waals surface area (Å²) in [7, 11) is 0. The van der Waals surface area contributed by atoms with Gasteiger partial charge >= 0.3 is 6.09 Å². The maximum Gasteiger partial charge on any atom is 0.409 e. The number of nitrogens with one attached hydrogen (secondary N) is 1. The molecule has 0 aromatic carbocycles. The Balaban J connectivity index is 1.85. The van der Waals surface area contributed by atoms with E-state index in [0.717, 1.165) is 25.1 Å². The maximum atomic E-state index is 12.5. The molecule has 1 aromatic heterocycles. The van der Waals surface area contributed by atoms with Crippen molar-refractivity contribution in [2.75, 3.05) is 44.6 Å². The van der Waals surface area contributed by atoms with Gasteiger partial charge in [-0.05, 0) is 25.5 Å². The van der Waals surface area contributed by atoms with Gasteiger partial charge in [0.1, 0.15) is 5.69 Å². The average Bonchev–Trinajstić information content (AvgIpc) is 2.62. The summed E-state index contributed by atoms with van der Waals surface area (Å²) in [5.74, 6) is -0.0985. The maximum absolute atomic E-state index is 12.5. The molecule has 7 heteroatoms. The fourth-order valence-electron chi connectivity index (χ4n) is 2.50. The summed E-state index contributed by atoms with van der Waals surface area (Å²) in [5, 5.41) is 3.28. The molecule has 0 unspecified atom stereocenters. The summed E-state index contributed by atoms with van der Waals surface area (Å²) in [6, 6.07) is 3.62. The summed E-state index contributed by atoms with van der Waals surface area (Å²) >= 11 is 0. The monoisotopic (exact) mass is 334 g/mol. The van der Waals surface area contributed by atoms with Gasteiger partial charge < -0.3 is 19.9 Å². The van der Waals surface area contributed by atoms with E-state index in [-0.39, 0.29) is 12.0 Å². The Hall–Kier alpha value is -2.31. The molecule has 2 amide bonds. The van der Waals surface area contributed by atoms with Gasteiger partial charge in [-0.2, -0.15) is 0 Å². The molecule has 0 aliphatic carbocycles. The van der Waals surface area contributed by atoms with Crippen LogP contribution in [0.3, 0.4) is 0 Å². The molecule has 1 N–H and O–H groups in total. The second kappa shape index (κ2) is 9.10. The van der Waals surface area contributed by atoms with Crippen LogP contribution in [0.4, 0.5) is 10.5 Å². The molecule has 2 heterocycles. The van der Waals surface area contributed by atoms with Gasteiger partial charge in [-0.3, -0.25) is 4.79 Å². The average molecular weight is 334 g/mol. The number of pyridine rings is 1. The van der Waals surface area contributed by atoms with Crippen LogP contribution in [0.2, 0.25) is 0 Å². The van der Waals surface area contributed by atoms with Gasteiger partial charge in [0.15, 0.2) is 0 Å². The first-order valence-electron chi connectivity index (χ1n) is 8.56. The molecule has 1 aromatic rings. The lowest BCUT2D eigenvalue weighted by Gasteiger charge is -2.33. The zero-order chi connectivity index (χ0) is 17.4. The minimum Gasteiger partial charge on any atom is -0.450 e. The lowest BCUT2D eigenvalue weighted by Crippen LogP contribution is -2.50. The largest absolute Gasteiger partial charge is 0.450 e. The fraction of sp³-hybridized carbons (Fsp3) is 0.588. The number of carbonyl (C=O) groups is 2. The Morgan fingerprint density at radius 1 is 1.17 bits per heavy atom. The van der Waals surface area contributed by atoms with Crippen LogP contribution in [-0.2, 0) is 4.74 Å². The number of unbranched alkanes of at least 4 members (excludes halogenated alkanes) is 1. The van der Waals surface area contributed by atoms with Gasteiger partial charge in [0.2, 0.25) is 0 Å². The number of aromatic nitrogens is 1. The lowest BCUT2D eigenvalue weighted by molar-refractivity contribution is 0.0566. The summed E-state index contributed by atoms with van der Waals surface area (Å²) in [6.45, 7) is 7.16. The van der Waals surface area contributed by atoms with E-state index < -0.39 is 0 Å². The predicted molar refractivity (Wildman–Crippen MR) is 92.1 cm³/mol. The Kier molecular flexibility index (Phi) is 6.84. The SMILES string of the molecule is CCCCNc1ccc(C(=O)N2CCN(C(=O)OCC)CC2)nc1. The number of hydrogen-bond acceptors (Lipinski definition) is 5. The van der Waals surface area contributed by atoms with Gasteiger partial charge in [-0.1, -0.05) is 13.3 Å². The third-order valence-corrected chi connectivity index (χ3v) is 3.93. The van der Waals surface area contributed by atoms with E-state index in [1.807, 2.05) is 6.07 Å². The molecule has 0 spiro atoms. The van der Waals surface area contributed by atoms with Crippen LogP contribution in [0.1, 0.15) is 37.2 Å². The van der Waals surface area contributed by atoms with Crippen LogP contribution >= 0.6 is 0 Å². The van der Waals surface area contributed by atoms with Crippen LogP contribution in [0, 0.1) is 0 Å². The van der Waals surface area contributed by atoms with Crippen molar-refractivity contribution >= 4 is 17.7 Å². The number of nitrogens with zero attached hydrogens (tertiary/aromatic N) is 3. The highest BCUT2D eigenvalue weighted by atomic mass is 16.6. The highest BCUT2D eigenvalue weighted by Crippen LogP contribution is 2.11. The molecule has 0 bridgehead atoms. The molecule has 1 aliphatic rings. The van der Waals surface area contributed by atoms with Crippen LogP contribution in [0.5, 0.6) is 0 Å². The molecular formula is C17H26N4O3. The van der Waals surface area contributed by atoms with Crippen molar-refractivity contribution in [3.05, 3.63) is 24.0 Å². The van der Waals surface area contributed by atoms with Crippen molar-refractivity contribution in [1.82, 2.24) is 14.8 Å². The van der Waals surface area contributed by atoms with Gasteiger partial charge in [-0.25, -0.2) is 9.78 Å². The second-order valence-corrected chi connectivity index (χ2v) is 5.69. The summed E-state index contributed by atoms with van der Waals surface area (Å²) in [6.07, 6.45) is 3.61. The number of anilines is 1. The number of hydrogen-bond donors (Lipinski definition) is 1.